The summed E-state index contributed by atoms with van der Waals surface area (Å²) in [5.74, 6) is 0.824. The Bertz CT molecular complexity index is 137. The van der Waals surface area contributed by atoms with Crippen LogP contribution in [0.2, 0.25) is 0 Å². The molecule has 1 amide bonds. The lowest BCUT2D eigenvalue weighted by atomic mass is 10.1. The van der Waals surface area contributed by atoms with Crippen molar-refractivity contribution in [1.82, 2.24) is 10.6 Å². The number of hydrogen-bond donors (Lipinski definition) is 2. The molecule has 2 N–H and O–H groups in total. The SMILES string of the molecule is CCCC(C)CNCCC(=O)NC. The highest BCUT2D eigenvalue weighted by Crippen LogP contribution is 2.02. The Hall–Kier alpha value is -0.570. The Morgan fingerprint density at radius 3 is 2.69 bits per heavy atom. The van der Waals surface area contributed by atoms with Gasteiger partial charge in [0.05, 0.1) is 0 Å². The number of carbonyl (C=O) groups excluding carboxylic acids is 1. The van der Waals surface area contributed by atoms with Gasteiger partial charge >= 0.3 is 0 Å². The molecule has 0 aliphatic carbocycles. The minimum atomic E-state index is 0.107. The zero-order chi connectivity index (χ0) is 10.1. The summed E-state index contributed by atoms with van der Waals surface area (Å²) < 4.78 is 0. The molecule has 3 nitrogen and oxygen atoms in total. The van der Waals surface area contributed by atoms with E-state index in [1.807, 2.05) is 0 Å². The normalized spacial score (nSPS) is 12.5. The number of hydrogen-bond acceptors (Lipinski definition) is 2. The maximum Gasteiger partial charge on any atom is 0.221 e. The van der Waals surface area contributed by atoms with E-state index in [9.17, 15) is 4.79 Å². The first-order valence-electron chi connectivity index (χ1n) is 5.12. The summed E-state index contributed by atoms with van der Waals surface area (Å²) in [4.78, 5) is 10.8. The summed E-state index contributed by atoms with van der Waals surface area (Å²) in [6, 6.07) is 0. The van der Waals surface area contributed by atoms with Crippen molar-refractivity contribution in [2.45, 2.75) is 33.1 Å². The lowest BCUT2D eigenvalue weighted by Gasteiger charge is -2.10. The molecule has 0 rings (SSSR count). The van der Waals surface area contributed by atoms with Crippen molar-refractivity contribution in [3.63, 3.8) is 0 Å². The summed E-state index contributed by atoms with van der Waals surface area (Å²) in [5.41, 5.74) is 0. The van der Waals surface area contributed by atoms with Gasteiger partial charge in [-0.3, -0.25) is 4.79 Å². The fourth-order valence-electron chi connectivity index (χ4n) is 1.27. The summed E-state index contributed by atoms with van der Waals surface area (Å²) in [6.07, 6.45) is 3.07. The molecule has 0 aromatic carbocycles. The van der Waals surface area contributed by atoms with Crippen molar-refractivity contribution >= 4 is 5.91 Å². The van der Waals surface area contributed by atoms with Crippen LogP contribution >= 0.6 is 0 Å². The van der Waals surface area contributed by atoms with E-state index in [4.69, 9.17) is 0 Å². The van der Waals surface area contributed by atoms with Gasteiger partial charge in [0.1, 0.15) is 0 Å². The molecule has 0 heterocycles. The van der Waals surface area contributed by atoms with Crippen LogP contribution in [-0.4, -0.2) is 26.0 Å². The largest absolute Gasteiger partial charge is 0.359 e. The first-order valence-corrected chi connectivity index (χ1v) is 5.12. The van der Waals surface area contributed by atoms with E-state index in [-0.39, 0.29) is 5.91 Å². The van der Waals surface area contributed by atoms with E-state index in [2.05, 4.69) is 24.5 Å². The first kappa shape index (κ1) is 12.4. The number of nitrogens with one attached hydrogen (secondary N) is 2. The summed E-state index contributed by atoms with van der Waals surface area (Å²) in [7, 11) is 1.67. The van der Waals surface area contributed by atoms with Gasteiger partial charge in [0, 0.05) is 20.0 Å². The quantitative estimate of drug-likeness (QED) is 0.586. The number of amides is 1. The average Bonchev–Trinajstić information content (AvgIpc) is 2.12. The van der Waals surface area contributed by atoms with Crippen LogP contribution in [0.15, 0.2) is 0 Å². The topological polar surface area (TPSA) is 41.1 Å². The van der Waals surface area contributed by atoms with Crippen molar-refractivity contribution in [2.24, 2.45) is 5.92 Å². The minimum Gasteiger partial charge on any atom is -0.359 e. The summed E-state index contributed by atoms with van der Waals surface area (Å²) in [5, 5.41) is 5.87. The molecular formula is C10H22N2O. The molecule has 0 aromatic rings. The highest BCUT2D eigenvalue weighted by Gasteiger charge is 2.00. The van der Waals surface area contributed by atoms with Crippen molar-refractivity contribution in [2.75, 3.05) is 20.1 Å². The van der Waals surface area contributed by atoms with Crippen LogP contribution in [0.5, 0.6) is 0 Å². The molecule has 78 valence electrons. The van der Waals surface area contributed by atoms with Gasteiger partial charge in [-0.2, -0.15) is 0 Å². The zero-order valence-electron chi connectivity index (χ0n) is 9.02. The second-order valence-electron chi connectivity index (χ2n) is 3.52. The van der Waals surface area contributed by atoms with Gasteiger partial charge in [0.25, 0.3) is 0 Å². The first-order chi connectivity index (χ1) is 6.20. The maximum absolute atomic E-state index is 10.8. The Kier molecular flexibility index (Phi) is 7.69. The van der Waals surface area contributed by atoms with Crippen molar-refractivity contribution in [1.29, 1.82) is 0 Å². The van der Waals surface area contributed by atoms with E-state index in [0.29, 0.717) is 6.42 Å². The van der Waals surface area contributed by atoms with Crippen LogP contribution in [0, 0.1) is 5.92 Å². The van der Waals surface area contributed by atoms with Crippen LogP contribution in [-0.2, 0) is 4.79 Å². The molecule has 0 fully saturated rings. The van der Waals surface area contributed by atoms with Crippen LogP contribution in [0.1, 0.15) is 33.1 Å². The number of carbonyl (C=O) groups is 1. The van der Waals surface area contributed by atoms with E-state index in [1.165, 1.54) is 12.8 Å². The zero-order valence-corrected chi connectivity index (χ0v) is 9.02. The third-order valence-electron chi connectivity index (χ3n) is 2.08. The van der Waals surface area contributed by atoms with Crippen LogP contribution < -0.4 is 10.6 Å². The summed E-state index contributed by atoms with van der Waals surface area (Å²) in [6.45, 7) is 6.23. The van der Waals surface area contributed by atoms with E-state index >= 15 is 0 Å². The second-order valence-corrected chi connectivity index (χ2v) is 3.52. The van der Waals surface area contributed by atoms with Gasteiger partial charge in [0.2, 0.25) is 5.91 Å². The Balaban J connectivity index is 3.20. The van der Waals surface area contributed by atoms with Gasteiger partial charge in [-0.1, -0.05) is 20.3 Å². The van der Waals surface area contributed by atoms with E-state index in [1.54, 1.807) is 7.05 Å². The van der Waals surface area contributed by atoms with Crippen molar-refractivity contribution < 1.29 is 4.79 Å². The second kappa shape index (κ2) is 8.05. The highest BCUT2D eigenvalue weighted by molar-refractivity contribution is 5.75. The molecule has 0 aliphatic heterocycles. The molecule has 3 heteroatoms. The van der Waals surface area contributed by atoms with Gasteiger partial charge < -0.3 is 10.6 Å². The highest BCUT2D eigenvalue weighted by atomic mass is 16.1. The third-order valence-corrected chi connectivity index (χ3v) is 2.08. The molecule has 0 spiro atoms. The monoisotopic (exact) mass is 186 g/mol. The average molecular weight is 186 g/mol. The molecule has 0 aromatic heterocycles. The minimum absolute atomic E-state index is 0.107. The smallest absolute Gasteiger partial charge is 0.221 e. The van der Waals surface area contributed by atoms with Gasteiger partial charge in [-0.05, 0) is 18.9 Å². The third kappa shape index (κ3) is 7.78. The van der Waals surface area contributed by atoms with E-state index in [0.717, 1.165) is 19.0 Å². The molecule has 0 radical (unpaired) electrons. The molecular weight excluding hydrogens is 164 g/mol. The van der Waals surface area contributed by atoms with E-state index < -0.39 is 0 Å². The maximum atomic E-state index is 10.8. The Morgan fingerprint density at radius 2 is 2.15 bits per heavy atom. The fourth-order valence-corrected chi connectivity index (χ4v) is 1.27. The standard InChI is InChI=1S/C10H22N2O/c1-4-5-9(2)8-12-7-6-10(13)11-3/h9,12H,4-8H2,1-3H3,(H,11,13). The summed E-state index contributed by atoms with van der Waals surface area (Å²) >= 11 is 0. The van der Waals surface area contributed by atoms with Gasteiger partial charge in [0.15, 0.2) is 0 Å². The van der Waals surface area contributed by atoms with Gasteiger partial charge in [-0.15, -0.1) is 0 Å². The predicted molar refractivity (Wildman–Crippen MR) is 55.6 cm³/mol. The Labute approximate surface area is 81.3 Å². The molecule has 13 heavy (non-hydrogen) atoms. The number of rotatable bonds is 7. The molecule has 1 atom stereocenters. The molecule has 0 bridgehead atoms. The lowest BCUT2D eigenvalue weighted by molar-refractivity contribution is -0.120. The molecule has 0 aliphatic rings. The van der Waals surface area contributed by atoms with Crippen molar-refractivity contribution in [3.05, 3.63) is 0 Å². The van der Waals surface area contributed by atoms with Crippen LogP contribution in [0.25, 0.3) is 0 Å². The fraction of sp³-hybridized carbons (Fsp3) is 0.900. The molecule has 1 unspecified atom stereocenters. The molecule has 0 saturated heterocycles. The van der Waals surface area contributed by atoms with Gasteiger partial charge in [-0.25, -0.2) is 0 Å². The van der Waals surface area contributed by atoms with Crippen LogP contribution in [0.3, 0.4) is 0 Å². The Morgan fingerprint density at radius 1 is 1.46 bits per heavy atom. The lowest BCUT2D eigenvalue weighted by Crippen LogP contribution is -2.27. The van der Waals surface area contributed by atoms with Crippen LogP contribution in [0.4, 0.5) is 0 Å². The predicted octanol–water partition coefficient (Wildman–Crippen LogP) is 1.15. The van der Waals surface area contributed by atoms with Crippen molar-refractivity contribution in [3.8, 4) is 0 Å². The molecule has 0 saturated carbocycles.